The lowest BCUT2D eigenvalue weighted by Crippen LogP contribution is -2.41. The van der Waals surface area contributed by atoms with Gasteiger partial charge in [-0.15, -0.1) is 0 Å². The van der Waals surface area contributed by atoms with E-state index < -0.39 is 11.6 Å². The zero-order valence-electron chi connectivity index (χ0n) is 11.0. The Balaban J connectivity index is 1.99. The van der Waals surface area contributed by atoms with Gasteiger partial charge in [0.05, 0.1) is 5.69 Å². The fraction of sp³-hybridized carbons (Fsp3) is 0.500. The molecule has 1 N–H and O–H groups in total. The number of hydrogen-bond donors (Lipinski definition) is 1. The quantitative estimate of drug-likeness (QED) is 0.870. The van der Waals surface area contributed by atoms with Crippen molar-refractivity contribution in [2.45, 2.75) is 38.1 Å². The van der Waals surface area contributed by atoms with Gasteiger partial charge in [0.2, 0.25) is 0 Å². The van der Waals surface area contributed by atoms with E-state index in [1.165, 1.54) is 12.5 Å². The highest BCUT2D eigenvalue weighted by Crippen LogP contribution is 2.22. The first-order valence-corrected chi connectivity index (χ1v) is 6.57. The highest BCUT2D eigenvalue weighted by Gasteiger charge is 2.22. The van der Waals surface area contributed by atoms with Crippen LogP contribution in [0.25, 0.3) is 0 Å². The van der Waals surface area contributed by atoms with Crippen molar-refractivity contribution >= 4 is 11.7 Å². The molecule has 0 heterocycles. The van der Waals surface area contributed by atoms with Gasteiger partial charge in [0, 0.05) is 19.2 Å². The Morgan fingerprint density at radius 1 is 1.26 bits per heavy atom. The maximum atomic E-state index is 13.4. The van der Waals surface area contributed by atoms with Crippen LogP contribution in [-0.2, 0) is 0 Å². The lowest BCUT2D eigenvalue weighted by molar-refractivity contribution is 0.186. The molecule has 3 nitrogen and oxygen atoms in total. The number of halogens is 2. The van der Waals surface area contributed by atoms with Crippen molar-refractivity contribution in [3.8, 4) is 0 Å². The molecular formula is C14H18F2N2O. The molecule has 0 unspecified atom stereocenters. The van der Waals surface area contributed by atoms with E-state index in [9.17, 15) is 13.6 Å². The van der Waals surface area contributed by atoms with Gasteiger partial charge in [-0.3, -0.25) is 0 Å². The largest absolute Gasteiger partial charge is 0.325 e. The molecule has 0 saturated heterocycles. The second-order valence-electron chi connectivity index (χ2n) is 4.96. The minimum Gasteiger partial charge on any atom is -0.325 e. The van der Waals surface area contributed by atoms with Crippen LogP contribution in [0, 0.1) is 11.6 Å². The van der Waals surface area contributed by atoms with Crippen molar-refractivity contribution < 1.29 is 13.6 Å². The summed E-state index contributed by atoms with van der Waals surface area (Å²) in [5.74, 6) is -1.42. The third-order valence-electron chi connectivity index (χ3n) is 3.62. The molecule has 0 radical (unpaired) electrons. The highest BCUT2D eigenvalue weighted by atomic mass is 19.1. The summed E-state index contributed by atoms with van der Waals surface area (Å²) >= 11 is 0. The Hall–Kier alpha value is -1.65. The molecule has 1 aliphatic carbocycles. The predicted molar refractivity (Wildman–Crippen MR) is 70.0 cm³/mol. The standard InChI is InChI=1S/C14H18F2N2O/c1-18(11-5-3-2-4-6-11)14(19)17-13-8-7-10(15)9-12(13)16/h7-9,11H,2-6H2,1H3,(H,17,19). The van der Waals surface area contributed by atoms with Crippen LogP contribution in [0.5, 0.6) is 0 Å². The van der Waals surface area contributed by atoms with Gasteiger partial charge >= 0.3 is 6.03 Å². The van der Waals surface area contributed by atoms with Crippen LogP contribution < -0.4 is 5.32 Å². The number of anilines is 1. The van der Waals surface area contributed by atoms with Crippen LogP contribution in [0.15, 0.2) is 18.2 Å². The molecule has 0 bridgehead atoms. The number of nitrogens with one attached hydrogen (secondary N) is 1. The lowest BCUT2D eigenvalue weighted by Gasteiger charge is -2.31. The summed E-state index contributed by atoms with van der Waals surface area (Å²) in [7, 11) is 1.72. The first kappa shape index (κ1) is 13.8. The van der Waals surface area contributed by atoms with E-state index in [-0.39, 0.29) is 17.8 Å². The molecular weight excluding hydrogens is 250 g/mol. The van der Waals surface area contributed by atoms with Gasteiger partial charge in [0.15, 0.2) is 0 Å². The van der Waals surface area contributed by atoms with E-state index in [0.717, 1.165) is 37.8 Å². The van der Waals surface area contributed by atoms with E-state index in [0.29, 0.717) is 0 Å². The van der Waals surface area contributed by atoms with Crippen molar-refractivity contribution in [3.63, 3.8) is 0 Å². The lowest BCUT2D eigenvalue weighted by atomic mass is 9.95. The number of carbonyl (C=O) groups excluding carboxylic acids is 1. The molecule has 1 aliphatic rings. The maximum absolute atomic E-state index is 13.4. The summed E-state index contributed by atoms with van der Waals surface area (Å²) in [6, 6.07) is 2.97. The number of rotatable bonds is 2. The number of carbonyl (C=O) groups is 1. The summed E-state index contributed by atoms with van der Waals surface area (Å²) in [4.78, 5) is 13.6. The zero-order valence-corrected chi connectivity index (χ0v) is 11.0. The van der Waals surface area contributed by atoms with Gasteiger partial charge < -0.3 is 10.2 Å². The molecule has 0 spiro atoms. The number of nitrogens with zero attached hydrogens (tertiary/aromatic N) is 1. The minimum atomic E-state index is -0.759. The van der Waals surface area contributed by atoms with Crippen LogP contribution in [-0.4, -0.2) is 24.0 Å². The second-order valence-corrected chi connectivity index (χ2v) is 4.96. The van der Waals surface area contributed by atoms with E-state index >= 15 is 0 Å². The van der Waals surface area contributed by atoms with Gasteiger partial charge in [-0.25, -0.2) is 13.6 Å². The average Bonchev–Trinajstić information content (AvgIpc) is 2.42. The Kier molecular flexibility index (Phi) is 4.35. The van der Waals surface area contributed by atoms with Crippen LogP contribution >= 0.6 is 0 Å². The monoisotopic (exact) mass is 268 g/mol. The van der Waals surface area contributed by atoms with Crippen molar-refractivity contribution in [2.24, 2.45) is 0 Å². The molecule has 5 heteroatoms. The van der Waals surface area contributed by atoms with Crippen molar-refractivity contribution in [1.29, 1.82) is 0 Å². The third-order valence-corrected chi connectivity index (χ3v) is 3.62. The van der Waals surface area contributed by atoms with E-state index in [4.69, 9.17) is 0 Å². The number of benzene rings is 1. The van der Waals surface area contributed by atoms with Crippen molar-refractivity contribution in [1.82, 2.24) is 4.90 Å². The molecule has 2 rings (SSSR count). The van der Waals surface area contributed by atoms with Gasteiger partial charge in [-0.1, -0.05) is 19.3 Å². The summed E-state index contributed by atoms with van der Waals surface area (Å²) in [5.41, 5.74) is 0.00839. The molecule has 2 amide bonds. The number of amides is 2. The van der Waals surface area contributed by atoms with Gasteiger partial charge in [-0.2, -0.15) is 0 Å². The van der Waals surface area contributed by atoms with Crippen LogP contribution in [0.2, 0.25) is 0 Å². The Bertz CT molecular complexity index is 459. The van der Waals surface area contributed by atoms with Gasteiger partial charge in [-0.05, 0) is 25.0 Å². The summed E-state index contributed by atoms with van der Waals surface area (Å²) in [6.45, 7) is 0. The van der Waals surface area contributed by atoms with Gasteiger partial charge in [0.1, 0.15) is 11.6 Å². The molecule has 0 aliphatic heterocycles. The van der Waals surface area contributed by atoms with E-state index in [1.54, 1.807) is 11.9 Å². The fourth-order valence-corrected chi connectivity index (χ4v) is 2.43. The SMILES string of the molecule is CN(C(=O)Nc1ccc(F)cc1F)C1CCCCC1. The van der Waals surface area contributed by atoms with Crippen LogP contribution in [0.4, 0.5) is 19.3 Å². The normalized spacial score (nSPS) is 16.2. The summed E-state index contributed by atoms with van der Waals surface area (Å²) in [5, 5.41) is 2.48. The molecule has 1 saturated carbocycles. The Morgan fingerprint density at radius 2 is 1.95 bits per heavy atom. The first-order chi connectivity index (χ1) is 9.08. The average molecular weight is 268 g/mol. The molecule has 19 heavy (non-hydrogen) atoms. The summed E-state index contributed by atoms with van der Waals surface area (Å²) < 4.78 is 26.2. The third kappa shape index (κ3) is 3.43. The van der Waals surface area contributed by atoms with E-state index in [2.05, 4.69) is 5.32 Å². The molecule has 1 aromatic carbocycles. The van der Waals surface area contributed by atoms with Crippen LogP contribution in [0.1, 0.15) is 32.1 Å². The Morgan fingerprint density at radius 3 is 2.58 bits per heavy atom. The van der Waals surface area contributed by atoms with E-state index in [1.807, 2.05) is 0 Å². The van der Waals surface area contributed by atoms with Crippen molar-refractivity contribution in [2.75, 3.05) is 12.4 Å². The zero-order chi connectivity index (χ0) is 13.8. The molecule has 1 fully saturated rings. The topological polar surface area (TPSA) is 32.3 Å². The predicted octanol–water partition coefficient (Wildman–Crippen LogP) is 3.76. The number of hydrogen-bond acceptors (Lipinski definition) is 1. The maximum Gasteiger partial charge on any atom is 0.321 e. The molecule has 0 atom stereocenters. The molecule has 104 valence electrons. The van der Waals surface area contributed by atoms with Gasteiger partial charge in [0.25, 0.3) is 0 Å². The molecule has 0 aromatic heterocycles. The number of urea groups is 1. The second kappa shape index (κ2) is 5.99. The first-order valence-electron chi connectivity index (χ1n) is 6.57. The Labute approximate surface area is 111 Å². The smallest absolute Gasteiger partial charge is 0.321 e. The molecule has 1 aromatic rings. The highest BCUT2D eigenvalue weighted by molar-refractivity contribution is 5.89. The summed E-state index contributed by atoms with van der Waals surface area (Å²) in [6.07, 6.45) is 5.41. The van der Waals surface area contributed by atoms with Crippen molar-refractivity contribution in [3.05, 3.63) is 29.8 Å². The minimum absolute atomic E-state index is 0.00839. The fourth-order valence-electron chi connectivity index (χ4n) is 2.43. The van der Waals surface area contributed by atoms with Crippen LogP contribution in [0.3, 0.4) is 0 Å².